The second kappa shape index (κ2) is 4.86. The van der Waals surface area contributed by atoms with Gasteiger partial charge in [-0.05, 0) is 35.0 Å². The molecule has 0 radical (unpaired) electrons. The first-order valence-corrected chi connectivity index (χ1v) is 5.48. The third-order valence-electron chi connectivity index (χ3n) is 2.42. The molecule has 2 atom stereocenters. The minimum absolute atomic E-state index is 0.0918. The van der Waals surface area contributed by atoms with Crippen molar-refractivity contribution in [3.05, 3.63) is 34.1 Å². The Morgan fingerprint density at radius 2 is 2.07 bits per heavy atom. The third kappa shape index (κ3) is 2.63. The minimum Gasteiger partial charge on any atom is -0.327 e. The number of halogens is 2. The molecule has 0 bridgehead atoms. The summed E-state index contributed by atoms with van der Waals surface area (Å²) >= 11 is 3.04. The zero-order valence-electron chi connectivity index (χ0n) is 8.63. The topological polar surface area (TPSA) is 43.1 Å². The molecule has 15 heavy (non-hydrogen) atoms. The first-order chi connectivity index (χ1) is 6.95. The first kappa shape index (κ1) is 12.3. The smallest absolute Gasteiger partial charge is 0.170 e. The van der Waals surface area contributed by atoms with Gasteiger partial charge in [-0.15, -0.1) is 0 Å². The van der Waals surface area contributed by atoms with Gasteiger partial charge in [0.2, 0.25) is 0 Å². The van der Waals surface area contributed by atoms with Crippen molar-refractivity contribution in [2.75, 3.05) is 0 Å². The van der Waals surface area contributed by atoms with Crippen molar-refractivity contribution in [3.63, 3.8) is 0 Å². The number of benzene rings is 1. The SMILES string of the molecule is CC(N)C(C)C(=O)c1cccc(Br)c1F. The lowest BCUT2D eigenvalue weighted by Gasteiger charge is -2.14. The summed E-state index contributed by atoms with van der Waals surface area (Å²) in [5.41, 5.74) is 5.70. The quantitative estimate of drug-likeness (QED) is 0.861. The van der Waals surface area contributed by atoms with Gasteiger partial charge < -0.3 is 5.73 Å². The van der Waals surface area contributed by atoms with Crippen LogP contribution >= 0.6 is 15.9 Å². The maximum absolute atomic E-state index is 13.6. The van der Waals surface area contributed by atoms with Gasteiger partial charge in [0.1, 0.15) is 5.82 Å². The molecule has 0 amide bonds. The second-order valence-corrected chi connectivity index (χ2v) is 4.47. The molecule has 4 heteroatoms. The highest BCUT2D eigenvalue weighted by Crippen LogP contribution is 2.21. The molecule has 0 saturated carbocycles. The predicted octanol–water partition coefficient (Wildman–Crippen LogP) is 2.75. The van der Waals surface area contributed by atoms with Crippen LogP contribution in [-0.4, -0.2) is 11.8 Å². The Bertz CT molecular complexity index is 379. The fourth-order valence-corrected chi connectivity index (χ4v) is 1.54. The number of rotatable bonds is 3. The van der Waals surface area contributed by atoms with Crippen molar-refractivity contribution in [2.24, 2.45) is 11.7 Å². The van der Waals surface area contributed by atoms with Gasteiger partial charge in [-0.3, -0.25) is 4.79 Å². The van der Waals surface area contributed by atoms with Gasteiger partial charge in [0, 0.05) is 12.0 Å². The Hall–Kier alpha value is -0.740. The Morgan fingerprint density at radius 3 is 2.60 bits per heavy atom. The van der Waals surface area contributed by atoms with E-state index in [2.05, 4.69) is 15.9 Å². The van der Waals surface area contributed by atoms with Gasteiger partial charge in [0.15, 0.2) is 5.78 Å². The maximum Gasteiger partial charge on any atom is 0.170 e. The van der Waals surface area contributed by atoms with Gasteiger partial charge in [0.05, 0.1) is 10.0 Å². The van der Waals surface area contributed by atoms with Crippen LogP contribution in [0.3, 0.4) is 0 Å². The summed E-state index contributed by atoms with van der Waals surface area (Å²) in [6, 6.07) is 4.38. The van der Waals surface area contributed by atoms with E-state index in [1.54, 1.807) is 26.0 Å². The lowest BCUT2D eigenvalue weighted by molar-refractivity contribution is 0.0913. The van der Waals surface area contributed by atoms with Crippen LogP contribution in [0.4, 0.5) is 4.39 Å². The molecule has 82 valence electrons. The zero-order chi connectivity index (χ0) is 11.6. The number of hydrogen-bond donors (Lipinski definition) is 1. The minimum atomic E-state index is -0.519. The molecule has 0 aliphatic rings. The molecule has 0 fully saturated rings. The number of carbonyl (C=O) groups excluding carboxylic acids is 1. The van der Waals surface area contributed by atoms with E-state index in [9.17, 15) is 9.18 Å². The Balaban J connectivity index is 3.07. The standard InChI is InChI=1S/C11H13BrFNO/c1-6(7(2)14)11(15)8-4-3-5-9(12)10(8)13/h3-7H,14H2,1-2H3. The Kier molecular flexibility index (Phi) is 3.99. The largest absolute Gasteiger partial charge is 0.327 e. The molecule has 0 heterocycles. The summed E-state index contributed by atoms with van der Waals surface area (Å²) in [5, 5.41) is 0. The predicted molar refractivity (Wildman–Crippen MR) is 61.2 cm³/mol. The van der Waals surface area contributed by atoms with Crippen molar-refractivity contribution in [1.29, 1.82) is 0 Å². The van der Waals surface area contributed by atoms with E-state index in [1.807, 2.05) is 0 Å². The van der Waals surface area contributed by atoms with E-state index in [0.29, 0.717) is 4.47 Å². The third-order valence-corrected chi connectivity index (χ3v) is 3.03. The van der Waals surface area contributed by atoms with Crippen LogP contribution in [0.2, 0.25) is 0 Å². The summed E-state index contributed by atoms with van der Waals surface area (Å²) < 4.78 is 13.9. The van der Waals surface area contributed by atoms with E-state index in [4.69, 9.17) is 5.73 Å². The lowest BCUT2D eigenvalue weighted by atomic mass is 9.94. The van der Waals surface area contributed by atoms with E-state index in [1.165, 1.54) is 6.07 Å². The molecule has 2 nitrogen and oxygen atoms in total. The fraction of sp³-hybridized carbons (Fsp3) is 0.364. The van der Waals surface area contributed by atoms with E-state index in [0.717, 1.165) is 0 Å². The average molecular weight is 274 g/mol. The number of hydrogen-bond acceptors (Lipinski definition) is 2. The number of carbonyl (C=O) groups is 1. The highest BCUT2D eigenvalue weighted by atomic mass is 79.9. The van der Waals surface area contributed by atoms with Gasteiger partial charge in [0.25, 0.3) is 0 Å². The Labute approximate surface area is 96.8 Å². The van der Waals surface area contributed by atoms with E-state index < -0.39 is 5.82 Å². The van der Waals surface area contributed by atoms with Crippen LogP contribution in [0.5, 0.6) is 0 Å². The summed E-state index contributed by atoms with van der Waals surface area (Å²) in [6.07, 6.45) is 0. The average Bonchev–Trinajstić information content (AvgIpc) is 2.20. The molecule has 1 rings (SSSR count). The molecule has 0 aromatic heterocycles. The number of ketones is 1. The van der Waals surface area contributed by atoms with Crippen LogP contribution in [-0.2, 0) is 0 Å². The van der Waals surface area contributed by atoms with Gasteiger partial charge in [-0.2, -0.15) is 0 Å². The molecule has 0 aliphatic heterocycles. The van der Waals surface area contributed by atoms with Crippen molar-refractivity contribution >= 4 is 21.7 Å². The highest BCUT2D eigenvalue weighted by molar-refractivity contribution is 9.10. The van der Waals surface area contributed by atoms with Crippen LogP contribution < -0.4 is 5.73 Å². The van der Waals surface area contributed by atoms with Crippen LogP contribution in [0.15, 0.2) is 22.7 Å². The molecule has 0 aliphatic carbocycles. The van der Waals surface area contributed by atoms with Crippen molar-refractivity contribution in [2.45, 2.75) is 19.9 Å². The highest BCUT2D eigenvalue weighted by Gasteiger charge is 2.22. The summed E-state index contributed by atoms with van der Waals surface area (Å²) in [7, 11) is 0. The maximum atomic E-state index is 13.6. The summed E-state index contributed by atoms with van der Waals surface area (Å²) in [5.74, 6) is -1.16. The monoisotopic (exact) mass is 273 g/mol. The molecule has 2 unspecified atom stereocenters. The molecular formula is C11H13BrFNO. The van der Waals surface area contributed by atoms with E-state index >= 15 is 0 Å². The second-order valence-electron chi connectivity index (χ2n) is 3.61. The van der Waals surface area contributed by atoms with Crippen LogP contribution in [0, 0.1) is 11.7 Å². The summed E-state index contributed by atoms with van der Waals surface area (Å²) in [6.45, 7) is 3.44. The molecule has 0 saturated heterocycles. The molecular weight excluding hydrogens is 261 g/mol. The summed E-state index contributed by atoms with van der Waals surface area (Å²) in [4.78, 5) is 11.8. The van der Waals surface area contributed by atoms with Crippen LogP contribution in [0.1, 0.15) is 24.2 Å². The first-order valence-electron chi connectivity index (χ1n) is 4.69. The van der Waals surface area contributed by atoms with Crippen molar-refractivity contribution in [3.8, 4) is 0 Å². The van der Waals surface area contributed by atoms with Gasteiger partial charge in [-0.1, -0.05) is 13.0 Å². The number of Topliss-reactive ketones (excluding diaryl/α,β-unsaturated/α-hetero) is 1. The van der Waals surface area contributed by atoms with E-state index in [-0.39, 0.29) is 23.3 Å². The molecule has 0 spiro atoms. The fourth-order valence-electron chi connectivity index (χ4n) is 1.18. The van der Waals surface area contributed by atoms with Crippen molar-refractivity contribution in [1.82, 2.24) is 0 Å². The molecule has 1 aromatic rings. The van der Waals surface area contributed by atoms with Gasteiger partial charge in [-0.25, -0.2) is 4.39 Å². The zero-order valence-corrected chi connectivity index (χ0v) is 10.2. The van der Waals surface area contributed by atoms with Crippen molar-refractivity contribution < 1.29 is 9.18 Å². The van der Waals surface area contributed by atoms with Gasteiger partial charge >= 0.3 is 0 Å². The lowest BCUT2D eigenvalue weighted by Crippen LogP contribution is -2.31. The van der Waals surface area contributed by atoms with Crippen LogP contribution in [0.25, 0.3) is 0 Å². The normalized spacial score (nSPS) is 14.7. The molecule has 2 N–H and O–H groups in total. The molecule has 1 aromatic carbocycles. The Morgan fingerprint density at radius 1 is 1.47 bits per heavy atom. The number of nitrogens with two attached hydrogens (primary N) is 1.